The van der Waals surface area contributed by atoms with Crippen LogP contribution in [0.1, 0.15) is 40.0 Å². The smallest absolute Gasteiger partial charge is 0.186 e. The topological polar surface area (TPSA) is 39.9 Å². The third kappa shape index (κ3) is 3.45. The summed E-state index contributed by atoms with van der Waals surface area (Å²) in [6.07, 6.45) is 5.70. The average Bonchev–Trinajstić information content (AvgIpc) is 2.75. The maximum absolute atomic E-state index is 5.72. The summed E-state index contributed by atoms with van der Waals surface area (Å²) >= 11 is 1.75. The summed E-state index contributed by atoms with van der Waals surface area (Å²) in [6, 6.07) is 0. The van der Waals surface area contributed by atoms with Crippen molar-refractivity contribution in [3.8, 4) is 0 Å². The van der Waals surface area contributed by atoms with E-state index >= 15 is 0 Å². The molecule has 0 amide bonds. The van der Waals surface area contributed by atoms with Crippen molar-refractivity contribution in [2.24, 2.45) is 0 Å². The van der Waals surface area contributed by atoms with Crippen molar-refractivity contribution in [3.05, 3.63) is 6.33 Å². The Labute approximate surface area is 107 Å². The van der Waals surface area contributed by atoms with Gasteiger partial charge < -0.3 is 4.74 Å². The van der Waals surface area contributed by atoms with Gasteiger partial charge in [0.2, 0.25) is 0 Å². The predicted molar refractivity (Wildman–Crippen MR) is 69.3 cm³/mol. The summed E-state index contributed by atoms with van der Waals surface area (Å²) in [7, 11) is 0. The first kappa shape index (κ1) is 12.9. The van der Waals surface area contributed by atoms with Crippen molar-refractivity contribution in [2.75, 3.05) is 12.4 Å². The zero-order chi connectivity index (χ0) is 12.3. The van der Waals surface area contributed by atoms with Gasteiger partial charge in [0, 0.05) is 12.4 Å². The van der Waals surface area contributed by atoms with E-state index in [4.69, 9.17) is 4.74 Å². The number of nitrogens with zero attached hydrogens (tertiary/aromatic N) is 3. The van der Waals surface area contributed by atoms with Crippen LogP contribution in [-0.2, 0) is 10.3 Å². The first-order valence-electron chi connectivity index (χ1n) is 6.22. The molecule has 2 rings (SSSR count). The molecule has 0 N–H and O–H groups in total. The van der Waals surface area contributed by atoms with E-state index < -0.39 is 0 Å². The largest absolute Gasteiger partial charge is 0.377 e. The van der Waals surface area contributed by atoms with E-state index in [0.29, 0.717) is 6.10 Å². The lowest BCUT2D eigenvalue weighted by molar-refractivity contribution is 0.0315. The monoisotopic (exact) mass is 255 g/mol. The first-order valence-corrected chi connectivity index (χ1v) is 7.21. The lowest BCUT2D eigenvalue weighted by Gasteiger charge is -2.24. The lowest BCUT2D eigenvalue weighted by atomic mass is 10.1. The number of hydrogen-bond acceptors (Lipinski definition) is 4. The third-order valence-corrected chi connectivity index (χ3v) is 3.90. The Kier molecular flexibility index (Phi) is 4.09. The number of hydrogen-bond donors (Lipinski definition) is 0. The fourth-order valence-corrected chi connectivity index (χ4v) is 3.06. The van der Waals surface area contributed by atoms with Crippen molar-refractivity contribution >= 4 is 11.8 Å². The van der Waals surface area contributed by atoms with Crippen LogP contribution in [0.5, 0.6) is 0 Å². The molecule has 1 aliphatic heterocycles. The van der Waals surface area contributed by atoms with Crippen LogP contribution in [0, 0.1) is 0 Å². The molecular formula is C12H21N3OS. The fourth-order valence-electron chi connectivity index (χ4n) is 1.90. The predicted octanol–water partition coefficient (Wildman–Crippen LogP) is 2.69. The van der Waals surface area contributed by atoms with Crippen molar-refractivity contribution < 1.29 is 4.74 Å². The molecule has 1 saturated heterocycles. The van der Waals surface area contributed by atoms with E-state index in [1.807, 2.05) is 4.68 Å². The van der Waals surface area contributed by atoms with Gasteiger partial charge in [-0.05, 0) is 40.0 Å². The van der Waals surface area contributed by atoms with Crippen molar-refractivity contribution in [1.82, 2.24) is 14.8 Å². The highest BCUT2D eigenvalue weighted by Crippen LogP contribution is 2.25. The summed E-state index contributed by atoms with van der Waals surface area (Å²) in [5.74, 6) is 0.981. The average molecular weight is 255 g/mol. The molecule has 2 heterocycles. The molecule has 1 fully saturated rings. The summed E-state index contributed by atoms with van der Waals surface area (Å²) in [5.41, 5.74) is -0.00768. The standard InChI is InChI=1S/C12H21N3OS/c1-12(2,3)15-11(13-9-14-15)17-8-10-6-4-5-7-16-10/h9-10H,4-8H2,1-3H3. The zero-order valence-corrected chi connectivity index (χ0v) is 11.7. The highest BCUT2D eigenvalue weighted by molar-refractivity contribution is 7.99. The second kappa shape index (κ2) is 5.40. The van der Waals surface area contributed by atoms with E-state index in [-0.39, 0.29) is 5.54 Å². The number of aromatic nitrogens is 3. The van der Waals surface area contributed by atoms with Gasteiger partial charge >= 0.3 is 0 Å². The highest BCUT2D eigenvalue weighted by Gasteiger charge is 2.20. The van der Waals surface area contributed by atoms with E-state index in [1.54, 1.807) is 18.1 Å². The number of ether oxygens (including phenoxy) is 1. The molecule has 1 unspecified atom stereocenters. The van der Waals surface area contributed by atoms with E-state index in [1.165, 1.54) is 19.3 Å². The van der Waals surface area contributed by atoms with Crippen LogP contribution >= 0.6 is 11.8 Å². The maximum atomic E-state index is 5.72. The second-order valence-electron chi connectivity index (χ2n) is 5.42. The van der Waals surface area contributed by atoms with Crippen LogP contribution in [0.25, 0.3) is 0 Å². The normalized spacial score (nSPS) is 21.7. The molecule has 5 heteroatoms. The van der Waals surface area contributed by atoms with Gasteiger partial charge in [-0.1, -0.05) is 11.8 Å². The molecule has 0 spiro atoms. The Morgan fingerprint density at radius 1 is 1.47 bits per heavy atom. The van der Waals surface area contributed by atoms with E-state index in [0.717, 1.165) is 17.5 Å². The minimum atomic E-state index is -0.00768. The summed E-state index contributed by atoms with van der Waals surface area (Å²) < 4.78 is 7.71. The molecule has 0 aromatic carbocycles. The Morgan fingerprint density at radius 3 is 2.94 bits per heavy atom. The Hall–Kier alpha value is -0.550. The first-order chi connectivity index (χ1) is 8.07. The van der Waals surface area contributed by atoms with Gasteiger partial charge in [0.05, 0.1) is 11.6 Å². The molecule has 17 heavy (non-hydrogen) atoms. The third-order valence-electron chi connectivity index (χ3n) is 2.82. The molecule has 0 saturated carbocycles. The van der Waals surface area contributed by atoms with Crippen LogP contribution < -0.4 is 0 Å². The Morgan fingerprint density at radius 2 is 2.29 bits per heavy atom. The maximum Gasteiger partial charge on any atom is 0.186 e. The van der Waals surface area contributed by atoms with Gasteiger partial charge in [0.25, 0.3) is 0 Å². The number of thioether (sulfide) groups is 1. The van der Waals surface area contributed by atoms with E-state index in [9.17, 15) is 0 Å². The van der Waals surface area contributed by atoms with Gasteiger partial charge in [-0.25, -0.2) is 9.67 Å². The van der Waals surface area contributed by atoms with Gasteiger partial charge in [0.1, 0.15) is 6.33 Å². The summed E-state index contributed by atoms with van der Waals surface area (Å²) in [4.78, 5) is 4.33. The summed E-state index contributed by atoms with van der Waals surface area (Å²) in [6.45, 7) is 7.34. The number of rotatable bonds is 3. The van der Waals surface area contributed by atoms with E-state index in [2.05, 4.69) is 30.9 Å². The van der Waals surface area contributed by atoms with Crippen molar-refractivity contribution in [3.63, 3.8) is 0 Å². The van der Waals surface area contributed by atoms with Gasteiger partial charge in [-0.15, -0.1) is 0 Å². The molecular weight excluding hydrogens is 234 g/mol. The SMILES string of the molecule is CC(C)(C)n1ncnc1SCC1CCCCO1. The van der Waals surface area contributed by atoms with Gasteiger partial charge in [0.15, 0.2) is 5.16 Å². The van der Waals surface area contributed by atoms with Crippen LogP contribution in [0.3, 0.4) is 0 Å². The second-order valence-corrected chi connectivity index (χ2v) is 6.41. The molecule has 0 aliphatic carbocycles. The quantitative estimate of drug-likeness (QED) is 0.779. The Balaban J connectivity index is 1.92. The minimum Gasteiger partial charge on any atom is -0.377 e. The molecule has 1 aromatic heterocycles. The van der Waals surface area contributed by atoms with Gasteiger partial charge in [-0.2, -0.15) is 5.10 Å². The molecule has 1 aliphatic rings. The van der Waals surface area contributed by atoms with Crippen LogP contribution in [0.4, 0.5) is 0 Å². The molecule has 0 radical (unpaired) electrons. The molecule has 1 atom stereocenters. The molecule has 4 nitrogen and oxygen atoms in total. The zero-order valence-electron chi connectivity index (χ0n) is 10.8. The lowest BCUT2D eigenvalue weighted by Crippen LogP contribution is -2.25. The van der Waals surface area contributed by atoms with Crippen LogP contribution in [-0.4, -0.2) is 33.2 Å². The molecule has 1 aromatic rings. The molecule has 96 valence electrons. The Bertz CT molecular complexity index is 353. The van der Waals surface area contributed by atoms with Crippen molar-refractivity contribution in [2.45, 2.75) is 56.8 Å². The summed E-state index contributed by atoms with van der Waals surface area (Å²) in [5, 5.41) is 5.29. The van der Waals surface area contributed by atoms with Crippen molar-refractivity contribution in [1.29, 1.82) is 0 Å². The molecule has 0 bridgehead atoms. The fraction of sp³-hybridized carbons (Fsp3) is 0.833. The minimum absolute atomic E-state index is 0.00768. The van der Waals surface area contributed by atoms with Gasteiger partial charge in [-0.3, -0.25) is 0 Å². The van der Waals surface area contributed by atoms with Crippen LogP contribution in [0.2, 0.25) is 0 Å². The van der Waals surface area contributed by atoms with Crippen LogP contribution in [0.15, 0.2) is 11.5 Å². The highest BCUT2D eigenvalue weighted by atomic mass is 32.2.